The van der Waals surface area contributed by atoms with Crippen LogP contribution < -0.4 is 19.7 Å². The van der Waals surface area contributed by atoms with Crippen molar-refractivity contribution < 1.29 is 56.0 Å². The first-order valence-electron chi connectivity index (χ1n) is 24.9. The maximum absolute atomic E-state index is 10.8. The van der Waals surface area contributed by atoms with Gasteiger partial charge in [-0.3, -0.25) is 9.98 Å². The number of hydrogen-bond acceptors (Lipinski definition) is 10. The Morgan fingerprint density at radius 3 is 0.971 bits per heavy atom. The number of carbonyl (C=O) groups is 2. The number of phenols is 2. The number of ether oxygens (including phenoxy) is 2. The van der Waals surface area contributed by atoms with Crippen molar-refractivity contribution in [3.8, 4) is 23.0 Å². The largest absolute Gasteiger partial charge is 2.00 e. The third-order valence-corrected chi connectivity index (χ3v) is 12.1. The summed E-state index contributed by atoms with van der Waals surface area (Å²) in [5.74, 6) is 2.26. The van der Waals surface area contributed by atoms with Crippen molar-refractivity contribution in [2.75, 3.05) is 0 Å². The number of carboxylic acid groups (broad SMARTS) is 2. The Morgan fingerprint density at radius 2 is 0.729 bits per heavy atom. The fourth-order valence-corrected chi connectivity index (χ4v) is 8.49. The maximum atomic E-state index is 10.8. The van der Waals surface area contributed by atoms with E-state index >= 15 is 0 Å². The molecule has 4 aromatic carbocycles. The molecule has 0 saturated carbocycles. The van der Waals surface area contributed by atoms with E-state index in [9.17, 15) is 30.0 Å². The molecule has 0 unspecified atom stereocenters. The van der Waals surface area contributed by atoms with Crippen molar-refractivity contribution in [3.63, 3.8) is 0 Å². The summed E-state index contributed by atoms with van der Waals surface area (Å²) in [4.78, 5) is 31.5. The Morgan fingerprint density at radius 1 is 0.457 bits per heavy atom. The Bertz CT molecular complexity index is 2280. The molecule has 70 heavy (non-hydrogen) atoms. The number of aliphatic imine (C=N–C) groups is 2. The predicted molar refractivity (Wildman–Crippen MR) is 283 cm³/mol. The van der Waals surface area contributed by atoms with E-state index in [0.717, 1.165) is 39.3 Å². The molecule has 0 atom stereocenters. The van der Waals surface area contributed by atoms with Gasteiger partial charge >= 0.3 is 16.5 Å². The summed E-state index contributed by atoms with van der Waals surface area (Å²) < 4.78 is 9.44. The number of rotatable bonds is 15. The number of aromatic hydroxyl groups is 2. The van der Waals surface area contributed by atoms with Crippen LogP contribution in [0.3, 0.4) is 0 Å². The second-order valence-electron chi connectivity index (χ2n) is 21.1. The molecule has 0 saturated heterocycles. The Balaban J connectivity index is 0.000000536. The van der Waals surface area contributed by atoms with Gasteiger partial charge in [-0.2, -0.15) is 0 Å². The van der Waals surface area contributed by atoms with Gasteiger partial charge in [0.15, 0.2) is 0 Å². The molecular weight excluding hydrogens is 923 g/mol. The molecule has 0 aromatic heterocycles. The summed E-state index contributed by atoms with van der Waals surface area (Å²) in [6.45, 7) is 43.6. The van der Waals surface area contributed by atoms with Gasteiger partial charge in [-0.25, -0.2) is 0 Å². The van der Waals surface area contributed by atoms with Crippen molar-refractivity contribution in [3.05, 3.63) is 104 Å². The molecule has 0 amide bonds. The maximum Gasteiger partial charge on any atom is 2.00 e. The second kappa shape index (κ2) is 28.0. The minimum absolute atomic E-state index is 0. The van der Waals surface area contributed by atoms with Crippen LogP contribution in [0.5, 0.6) is 23.0 Å². The summed E-state index contributed by atoms with van der Waals surface area (Å²) in [6.07, 6.45) is -1.38. The van der Waals surface area contributed by atoms with Crippen LogP contribution in [0.25, 0.3) is 0 Å². The van der Waals surface area contributed by atoms with E-state index in [2.05, 4.69) is 98.7 Å². The Kier molecular flexibility index (Phi) is 25.2. The first-order valence-corrected chi connectivity index (χ1v) is 24.9. The third-order valence-electron chi connectivity index (χ3n) is 12.1. The number of carbonyl (C=O) groups excluding carboxylic acids is 2. The number of para-hydroxylation sites is 2. The van der Waals surface area contributed by atoms with Gasteiger partial charge in [-0.15, -0.1) is 0 Å². The van der Waals surface area contributed by atoms with Crippen LogP contribution in [0, 0.1) is 0 Å². The first-order chi connectivity index (χ1) is 32.0. The van der Waals surface area contributed by atoms with Crippen LogP contribution >= 0.6 is 0 Å². The average molecular weight is 1010 g/mol. The zero-order valence-corrected chi connectivity index (χ0v) is 47.0. The number of phenolic OH excluding ortho intramolecular Hbond substituents is 2. The summed E-state index contributed by atoms with van der Waals surface area (Å²) in [6, 6.07) is 17.0. The fourth-order valence-electron chi connectivity index (χ4n) is 8.49. The van der Waals surface area contributed by atoms with Crippen molar-refractivity contribution in [1.82, 2.24) is 0 Å². The minimum Gasteiger partial charge on any atom is -0.510 e. The molecule has 0 heterocycles. The van der Waals surface area contributed by atoms with Gasteiger partial charge in [0.2, 0.25) is 0 Å². The molecule has 10 nitrogen and oxygen atoms in total. The number of benzene rings is 4. The van der Waals surface area contributed by atoms with E-state index in [1.165, 1.54) is 22.3 Å². The smallest absolute Gasteiger partial charge is 0.510 e. The van der Waals surface area contributed by atoms with Crippen LogP contribution in [-0.2, 0) is 16.5 Å². The molecule has 4 aromatic rings. The van der Waals surface area contributed by atoms with E-state index in [1.54, 1.807) is 0 Å². The van der Waals surface area contributed by atoms with Crippen molar-refractivity contribution >= 4 is 35.6 Å². The standard InChI is InChI=1S/C27H38N2.2C16H24O4.Ni/c1-17(2)22-12-10-13-23(18(3)4)26(22)28-16-21(9)29-27-24(19(5)6)14-11-15-25(27)20(7)8;2*1-8(2)11-7-12(9(3)4)15(20-16(18)19)14(17)13(11)10(5)6;/h10-20H,1-9H3;2*7-10,17H,1-6H3,(H,18,19);/q;;;+2/p-2. The summed E-state index contributed by atoms with van der Waals surface area (Å²) >= 11 is 0. The Hall–Kier alpha value is -5.15. The monoisotopic (exact) mass is 1010 g/mol. The van der Waals surface area contributed by atoms with Crippen LogP contribution in [0.2, 0.25) is 0 Å². The van der Waals surface area contributed by atoms with Gasteiger partial charge in [0, 0.05) is 17.3 Å². The number of nitrogens with zero attached hydrogens (tertiary/aromatic N) is 2. The molecule has 388 valence electrons. The van der Waals surface area contributed by atoms with Gasteiger partial charge in [0.25, 0.3) is 12.3 Å². The second-order valence-corrected chi connectivity index (χ2v) is 21.1. The first kappa shape index (κ1) is 62.9. The van der Waals surface area contributed by atoms with Crippen LogP contribution in [-0.4, -0.2) is 34.5 Å². The molecule has 11 heteroatoms. The zero-order chi connectivity index (χ0) is 52.9. The molecule has 0 spiro atoms. The quantitative estimate of drug-likeness (QED) is 0.0514. The minimum atomic E-state index is -1.66. The van der Waals surface area contributed by atoms with E-state index in [1.807, 2.05) is 101 Å². The van der Waals surface area contributed by atoms with E-state index < -0.39 is 12.3 Å². The molecular formula is C59H84N2NiO8. The molecule has 0 bridgehead atoms. The van der Waals surface area contributed by atoms with Crippen LogP contribution in [0.15, 0.2) is 58.5 Å². The number of hydrogen-bond donors (Lipinski definition) is 2. The van der Waals surface area contributed by atoms with Crippen molar-refractivity contribution in [1.29, 1.82) is 0 Å². The van der Waals surface area contributed by atoms with E-state index in [0.29, 0.717) is 34.8 Å². The summed E-state index contributed by atoms with van der Waals surface area (Å²) in [5, 5.41) is 42.4. The summed E-state index contributed by atoms with van der Waals surface area (Å²) in [7, 11) is 0. The molecule has 0 aliphatic heterocycles. The van der Waals surface area contributed by atoms with E-state index in [-0.39, 0.29) is 75.0 Å². The Labute approximate surface area is 431 Å². The molecule has 4 rings (SSSR count). The van der Waals surface area contributed by atoms with Gasteiger partial charge < -0.3 is 39.5 Å². The molecule has 0 aliphatic rings. The van der Waals surface area contributed by atoms with Gasteiger partial charge in [0.05, 0.1) is 28.6 Å². The van der Waals surface area contributed by atoms with Crippen LogP contribution in [0.1, 0.15) is 260 Å². The molecule has 0 aliphatic carbocycles. The van der Waals surface area contributed by atoms with Crippen LogP contribution in [0.4, 0.5) is 21.0 Å². The van der Waals surface area contributed by atoms with Crippen molar-refractivity contribution in [2.45, 2.75) is 205 Å². The fraction of sp³-hybridized carbons (Fsp3) is 0.525. The zero-order valence-electron chi connectivity index (χ0n) is 46.0. The normalized spacial score (nSPS) is 11.9. The van der Waals surface area contributed by atoms with Crippen molar-refractivity contribution in [2.24, 2.45) is 9.98 Å². The van der Waals surface area contributed by atoms with Gasteiger partial charge in [-0.05, 0) is 111 Å². The molecule has 0 radical (unpaired) electrons. The molecule has 0 fully saturated rings. The van der Waals surface area contributed by atoms with E-state index in [4.69, 9.17) is 19.5 Å². The topological polar surface area (TPSA) is 164 Å². The van der Waals surface area contributed by atoms with Gasteiger partial charge in [0.1, 0.15) is 11.5 Å². The SMILES string of the molecule is CC(C)c1cc(C(C)C)c(C(C)C)c(O)c1OC(=O)[O-].CC(C)c1cc(C(C)C)c(C(C)C)c(O)c1OC(=O)[O-].CC(C=Nc1c(C(C)C)cccc1C(C)C)=Nc1c(C(C)C)cccc1C(C)C.[Ni+2]. The third kappa shape index (κ3) is 16.7. The predicted octanol–water partition coefficient (Wildman–Crippen LogP) is 15.6. The summed E-state index contributed by atoms with van der Waals surface area (Å²) in [5.41, 5.74) is 13.2. The average Bonchev–Trinajstić information content (AvgIpc) is 3.23. The molecule has 2 N–H and O–H groups in total. The van der Waals surface area contributed by atoms with Gasteiger partial charge in [-0.1, -0.05) is 187 Å².